The topological polar surface area (TPSA) is 41.1 Å². The van der Waals surface area contributed by atoms with Gasteiger partial charge in [0.2, 0.25) is 5.95 Å². The zero-order chi connectivity index (χ0) is 15.5. The number of benzene rings is 1. The van der Waals surface area contributed by atoms with Crippen molar-refractivity contribution < 1.29 is 4.39 Å². The molecule has 1 saturated heterocycles. The van der Waals surface area contributed by atoms with E-state index in [2.05, 4.69) is 27.1 Å². The number of nitrogens with zero attached hydrogens (tertiary/aromatic N) is 3. The van der Waals surface area contributed by atoms with E-state index in [0.29, 0.717) is 17.4 Å². The molecule has 0 saturated carbocycles. The van der Waals surface area contributed by atoms with Gasteiger partial charge in [-0.2, -0.15) is 4.98 Å². The summed E-state index contributed by atoms with van der Waals surface area (Å²) < 4.78 is 13.3. The maximum absolute atomic E-state index is 13.3. The molecule has 3 rings (SSSR count). The first-order chi connectivity index (χ1) is 10.6. The van der Waals surface area contributed by atoms with Gasteiger partial charge in [0, 0.05) is 30.5 Å². The molecule has 1 atom stereocenters. The molecule has 2 aromatic rings. The average Bonchev–Trinajstić information content (AvgIpc) is 2.46. The van der Waals surface area contributed by atoms with Crippen molar-refractivity contribution in [3.8, 4) is 0 Å². The van der Waals surface area contributed by atoms with Gasteiger partial charge in [0.15, 0.2) is 0 Å². The number of hydrogen-bond acceptors (Lipinski definition) is 4. The molecule has 0 spiro atoms. The van der Waals surface area contributed by atoms with Crippen LogP contribution in [-0.2, 0) is 0 Å². The lowest BCUT2D eigenvalue weighted by atomic mass is 10.0. The van der Waals surface area contributed by atoms with Crippen molar-refractivity contribution in [3.63, 3.8) is 0 Å². The lowest BCUT2D eigenvalue weighted by Crippen LogP contribution is -2.35. The molecule has 1 unspecified atom stereocenters. The molecular weight excluding hydrogens is 279 g/mol. The second kappa shape index (κ2) is 6.30. The Morgan fingerprint density at radius 2 is 2.14 bits per heavy atom. The van der Waals surface area contributed by atoms with E-state index in [0.717, 1.165) is 24.7 Å². The number of hydrogen-bond donors (Lipinski definition) is 1. The van der Waals surface area contributed by atoms with Gasteiger partial charge in [-0.25, -0.2) is 9.37 Å². The summed E-state index contributed by atoms with van der Waals surface area (Å²) >= 11 is 0. The Hall–Kier alpha value is -2.17. The van der Waals surface area contributed by atoms with Gasteiger partial charge in [-0.15, -0.1) is 0 Å². The smallest absolute Gasteiger partial charge is 0.227 e. The minimum Gasteiger partial charge on any atom is -0.340 e. The van der Waals surface area contributed by atoms with Crippen LogP contribution in [0.25, 0.3) is 0 Å². The fourth-order valence-corrected chi connectivity index (χ4v) is 2.84. The van der Waals surface area contributed by atoms with Crippen LogP contribution in [0.1, 0.15) is 25.5 Å². The molecule has 0 aliphatic carbocycles. The molecular formula is C17H21FN4. The lowest BCUT2D eigenvalue weighted by molar-refractivity contribution is 0.442. The number of rotatable bonds is 3. The third kappa shape index (κ3) is 3.53. The second-order valence-corrected chi connectivity index (χ2v) is 6.02. The largest absolute Gasteiger partial charge is 0.340 e. The first-order valence-electron chi connectivity index (χ1n) is 7.73. The van der Waals surface area contributed by atoms with Gasteiger partial charge in [-0.1, -0.05) is 13.0 Å². The lowest BCUT2D eigenvalue weighted by Gasteiger charge is -2.31. The Morgan fingerprint density at radius 3 is 2.91 bits per heavy atom. The summed E-state index contributed by atoms with van der Waals surface area (Å²) in [7, 11) is 0. The van der Waals surface area contributed by atoms with Gasteiger partial charge in [0.25, 0.3) is 0 Å². The zero-order valence-electron chi connectivity index (χ0n) is 13.0. The zero-order valence-corrected chi connectivity index (χ0v) is 13.0. The fraction of sp³-hybridized carbons (Fsp3) is 0.412. The first kappa shape index (κ1) is 14.8. The van der Waals surface area contributed by atoms with E-state index in [4.69, 9.17) is 0 Å². The summed E-state index contributed by atoms with van der Waals surface area (Å²) in [6.45, 7) is 6.19. The molecule has 1 fully saturated rings. The van der Waals surface area contributed by atoms with E-state index in [9.17, 15) is 4.39 Å². The van der Waals surface area contributed by atoms with Gasteiger partial charge in [-0.05, 0) is 43.9 Å². The molecule has 0 bridgehead atoms. The van der Waals surface area contributed by atoms with Crippen LogP contribution in [0.15, 0.2) is 30.3 Å². The Labute approximate surface area is 130 Å². The highest BCUT2D eigenvalue weighted by molar-refractivity contribution is 5.57. The quantitative estimate of drug-likeness (QED) is 0.933. The van der Waals surface area contributed by atoms with Crippen LogP contribution in [-0.4, -0.2) is 23.1 Å². The molecule has 1 N–H and O–H groups in total. The van der Waals surface area contributed by atoms with E-state index >= 15 is 0 Å². The Balaban J connectivity index is 1.83. The average molecular weight is 300 g/mol. The summed E-state index contributed by atoms with van der Waals surface area (Å²) in [4.78, 5) is 11.4. The number of halogens is 1. The van der Waals surface area contributed by atoms with Gasteiger partial charge < -0.3 is 10.2 Å². The Morgan fingerprint density at radius 1 is 1.27 bits per heavy atom. The van der Waals surface area contributed by atoms with Crippen molar-refractivity contribution in [2.45, 2.75) is 26.7 Å². The highest BCUT2D eigenvalue weighted by Crippen LogP contribution is 2.23. The van der Waals surface area contributed by atoms with Crippen LogP contribution < -0.4 is 10.2 Å². The predicted molar refractivity (Wildman–Crippen MR) is 87.1 cm³/mol. The maximum Gasteiger partial charge on any atom is 0.227 e. The van der Waals surface area contributed by atoms with Crippen LogP contribution >= 0.6 is 0 Å². The van der Waals surface area contributed by atoms with E-state index in [1.54, 1.807) is 6.07 Å². The highest BCUT2D eigenvalue weighted by atomic mass is 19.1. The molecule has 1 aromatic carbocycles. The normalized spacial score (nSPS) is 18.3. The monoisotopic (exact) mass is 300 g/mol. The molecule has 116 valence electrons. The Bertz CT molecular complexity index is 659. The molecule has 0 radical (unpaired) electrons. The highest BCUT2D eigenvalue weighted by Gasteiger charge is 2.19. The molecule has 1 aliphatic heterocycles. The fourth-order valence-electron chi connectivity index (χ4n) is 2.84. The molecule has 1 aromatic heterocycles. The Kier molecular flexibility index (Phi) is 4.22. The number of aromatic nitrogens is 2. The minimum absolute atomic E-state index is 0.263. The van der Waals surface area contributed by atoms with Gasteiger partial charge in [-0.3, -0.25) is 0 Å². The van der Waals surface area contributed by atoms with Crippen molar-refractivity contribution in [2.75, 3.05) is 23.3 Å². The summed E-state index contributed by atoms with van der Waals surface area (Å²) in [5, 5.41) is 3.16. The first-order valence-corrected chi connectivity index (χ1v) is 7.73. The number of nitrogens with one attached hydrogen (secondary N) is 1. The SMILES string of the molecule is Cc1cc(Nc2cccc(F)c2)nc(N2CCCC(C)C2)n1. The molecule has 1 aliphatic rings. The third-order valence-corrected chi connectivity index (χ3v) is 3.88. The minimum atomic E-state index is -0.263. The second-order valence-electron chi connectivity index (χ2n) is 6.02. The van der Waals surface area contributed by atoms with Crippen LogP contribution in [0.2, 0.25) is 0 Å². The van der Waals surface area contributed by atoms with Crippen LogP contribution in [0.4, 0.5) is 21.8 Å². The molecule has 2 heterocycles. The molecule has 4 nitrogen and oxygen atoms in total. The molecule has 5 heteroatoms. The van der Waals surface area contributed by atoms with E-state index in [-0.39, 0.29) is 5.82 Å². The predicted octanol–water partition coefficient (Wildman–Crippen LogP) is 3.90. The van der Waals surface area contributed by atoms with E-state index < -0.39 is 0 Å². The van der Waals surface area contributed by atoms with Crippen LogP contribution in [0.3, 0.4) is 0 Å². The molecule has 22 heavy (non-hydrogen) atoms. The summed E-state index contributed by atoms with van der Waals surface area (Å²) in [6.07, 6.45) is 2.43. The summed E-state index contributed by atoms with van der Waals surface area (Å²) in [5.41, 5.74) is 1.60. The number of piperidine rings is 1. The van der Waals surface area contributed by atoms with E-state index in [1.807, 2.05) is 19.1 Å². The van der Waals surface area contributed by atoms with Crippen molar-refractivity contribution in [1.29, 1.82) is 0 Å². The number of aryl methyl sites for hydroxylation is 1. The van der Waals surface area contributed by atoms with Gasteiger partial charge >= 0.3 is 0 Å². The van der Waals surface area contributed by atoms with Crippen LogP contribution in [0, 0.1) is 18.7 Å². The summed E-state index contributed by atoms with van der Waals surface area (Å²) in [6, 6.07) is 8.26. The van der Waals surface area contributed by atoms with Crippen LogP contribution in [0.5, 0.6) is 0 Å². The summed E-state index contributed by atoms with van der Waals surface area (Å²) in [5.74, 6) is 1.86. The molecule has 0 amide bonds. The van der Waals surface area contributed by atoms with Crippen molar-refractivity contribution in [1.82, 2.24) is 9.97 Å². The standard InChI is InChI=1S/C17H21FN4/c1-12-5-4-8-22(11-12)17-19-13(2)9-16(21-17)20-15-7-3-6-14(18)10-15/h3,6-7,9-10,12H,4-5,8,11H2,1-2H3,(H,19,20,21). The van der Waals surface area contributed by atoms with Crippen molar-refractivity contribution in [3.05, 3.63) is 41.8 Å². The van der Waals surface area contributed by atoms with E-state index in [1.165, 1.54) is 25.0 Å². The van der Waals surface area contributed by atoms with Crippen molar-refractivity contribution >= 4 is 17.5 Å². The maximum atomic E-state index is 13.3. The third-order valence-electron chi connectivity index (χ3n) is 3.88. The van der Waals surface area contributed by atoms with Crippen molar-refractivity contribution in [2.24, 2.45) is 5.92 Å². The van der Waals surface area contributed by atoms with Gasteiger partial charge in [0.1, 0.15) is 11.6 Å². The number of anilines is 3. The van der Waals surface area contributed by atoms with Gasteiger partial charge in [0.05, 0.1) is 0 Å².